The maximum absolute atomic E-state index is 13.1. The van der Waals surface area contributed by atoms with Crippen LogP contribution in [-0.2, 0) is 16.1 Å². The van der Waals surface area contributed by atoms with Gasteiger partial charge in [-0.3, -0.25) is 19.3 Å². The molecule has 1 aromatic carbocycles. The number of ether oxygens (including phenoxy) is 1. The largest absolute Gasteiger partial charge is 0.465 e. The van der Waals surface area contributed by atoms with Gasteiger partial charge in [0.15, 0.2) is 0 Å². The summed E-state index contributed by atoms with van der Waals surface area (Å²) in [5.41, 5.74) is 3.45. The van der Waals surface area contributed by atoms with Crippen LogP contribution in [0, 0.1) is 6.92 Å². The molecule has 1 heterocycles. The lowest BCUT2D eigenvalue weighted by Gasteiger charge is -2.17. The minimum atomic E-state index is -0.502. The molecular formula is C24H25NO5. The van der Waals surface area contributed by atoms with Crippen molar-refractivity contribution in [2.75, 3.05) is 20.2 Å². The highest BCUT2D eigenvalue weighted by atomic mass is 16.5. The number of likely N-dealkylation sites (N-methyl/N-ethyl adjacent to an activating group) is 1. The first-order chi connectivity index (χ1) is 14.3. The van der Waals surface area contributed by atoms with Gasteiger partial charge in [0.25, 0.3) is 0 Å². The number of carbonyl (C=O) groups excluding carboxylic acids is 3. The van der Waals surface area contributed by atoms with Crippen LogP contribution in [0.2, 0.25) is 0 Å². The third-order valence-corrected chi connectivity index (χ3v) is 5.92. The maximum atomic E-state index is 13.1. The van der Waals surface area contributed by atoms with E-state index in [-0.39, 0.29) is 12.6 Å². The average molecular weight is 407 g/mol. The highest BCUT2D eigenvalue weighted by Crippen LogP contribution is 2.37. The summed E-state index contributed by atoms with van der Waals surface area (Å²) in [7, 11) is 1.88. The molecule has 6 nitrogen and oxygen atoms in total. The van der Waals surface area contributed by atoms with Gasteiger partial charge in [-0.05, 0) is 50.2 Å². The number of Topliss-reactive ketones (excluding diaryl/α,β-unsaturated/α-hetero) is 2. The van der Waals surface area contributed by atoms with Crippen LogP contribution in [0.5, 0.6) is 0 Å². The predicted molar refractivity (Wildman–Crippen MR) is 113 cm³/mol. The number of esters is 1. The van der Waals surface area contributed by atoms with E-state index in [0.717, 1.165) is 23.3 Å². The normalized spacial score (nSPS) is 14.9. The molecule has 2 aromatic rings. The molecule has 30 heavy (non-hydrogen) atoms. The average Bonchev–Trinajstić information content (AvgIpc) is 3.02. The summed E-state index contributed by atoms with van der Waals surface area (Å²) >= 11 is 0. The lowest BCUT2D eigenvalue weighted by Crippen LogP contribution is -2.38. The second kappa shape index (κ2) is 7.69. The van der Waals surface area contributed by atoms with Crippen molar-refractivity contribution in [2.24, 2.45) is 0 Å². The fourth-order valence-electron chi connectivity index (χ4n) is 4.28. The van der Waals surface area contributed by atoms with E-state index >= 15 is 0 Å². The molecule has 0 unspecified atom stereocenters. The first kappa shape index (κ1) is 20.3. The zero-order chi connectivity index (χ0) is 21.6. The number of fused-ring (bicyclic) bond motifs is 5. The number of carbonyl (C=O) groups is 3. The van der Waals surface area contributed by atoms with Gasteiger partial charge in [-0.25, -0.2) is 0 Å². The molecule has 2 aliphatic carbocycles. The van der Waals surface area contributed by atoms with E-state index in [4.69, 9.17) is 9.15 Å². The van der Waals surface area contributed by atoms with Crippen LogP contribution < -0.4 is 10.4 Å². The molecule has 0 spiro atoms. The lowest BCUT2D eigenvalue weighted by atomic mass is 9.83. The van der Waals surface area contributed by atoms with Gasteiger partial charge in [0.2, 0.25) is 11.6 Å². The first-order valence-corrected chi connectivity index (χ1v) is 10.2. The van der Waals surface area contributed by atoms with Crippen molar-refractivity contribution in [3.63, 3.8) is 0 Å². The molecule has 0 aliphatic heterocycles. The van der Waals surface area contributed by atoms with E-state index < -0.39 is 11.6 Å². The summed E-state index contributed by atoms with van der Waals surface area (Å²) in [6.45, 7) is 6.52. The third-order valence-electron chi connectivity index (χ3n) is 5.92. The van der Waals surface area contributed by atoms with E-state index in [0.29, 0.717) is 46.9 Å². The molecule has 1 aromatic heterocycles. The second-order valence-corrected chi connectivity index (χ2v) is 8.06. The van der Waals surface area contributed by atoms with Crippen LogP contribution in [0.25, 0.3) is 23.0 Å². The van der Waals surface area contributed by atoms with Gasteiger partial charge in [0, 0.05) is 30.2 Å². The van der Waals surface area contributed by atoms with Gasteiger partial charge in [-0.1, -0.05) is 17.7 Å². The molecule has 0 saturated carbocycles. The summed E-state index contributed by atoms with van der Waals surface area (Å²) in [6.07, 6.45) is 3.87. The minimum absolute atomic E-state index is 0.281. The first-order valence-electron chi connectivity index (χ1n) is 10.2. The van der Waals surface area contributed by atoms with Crippen molar-refractivity contribution < 1.29 is 23.5 Å². The highest BCUT2D eigenvalue weighted by Gasteiger charge is 2.37. The van der Waals surface area contributed by atoms with Crippen LogP contribution in [0.3, 0.4) is 0 Å². The Morgan fingerprint density at radius 1 is 1.17 bits per heavy atom. The molecule has 0 N–H and O–H groups in total. The van der Waals surface area contributed by atoms with Crippen LogP contribution in [-0.4, -0.2) is 42.6 Å². The van der Waals surface area contributed by atoms with E-state index in [1.165, 1.54) is 12.5 Å². The van der Waals surface area contributed by atoms with E-state index in [2.05, 4.69) is 13.0 Å². The molecule has 0 atom stereocenters. The molecule has 0 fully saturated rings. The maximum Gasteiger partial charge on any atom is 0.302 e. The van der Waals surface area contributed by atoms with Gasteiger partial charge in [-0.2, -0.15) is 0 Å². The van der Waals surface area contributed by atoms with E-state index in [1.54, 1.807) is 0 Å². The van der Waals surface area contributed by atoms with Crippen LogP contribution in [0.15, 0.2) is 16.5 Å². The number of rotatable bonds is 5. The van der Waals surface area contributed by atoms with Crippen LogP contribution >= 0.6 is 0 Å². The lowest BCUT2D eigenvalue weighted by molar-refractivity contribution is -0.141. The fraction of sp³-hybridized carbons (Fsp3) is 0.375. The quantitative estimate of drug-likeness (QED) is 0.560. The SMILES string of the molecule is CC(=O)OCCN(C)Cc1oc2c(c1C)C(=O)C(=O)c1c-2ccc2c1=CCCC=2C. The van der Waals surface area contributed by atoms with Crippen molar-refractivity contribution in [1.29, 1.82) is 0 Å². The summed E-state index contributed by atoms with van der Waals surface area (Å²) in [5.74, 6) is -0.156. The zero-order valence-electron chi connectivity index (χ0n) is 17.8. The fourth-order valence-corrected chi connectivity index (χ4v) is 4.28. The summed E-state index contributed by atoms with van der Waals surface area (Å²) in [5, 5.41) is 1.90. The van der Waals surface area contributed by atoms with Crippen LogP contribution in [0.4, 0.5) is 0 Å². The third kappa shape index (κ3) is 3.31. The zero-order valence-corrected chi connectivity index (χ0v) is 17.8. The van der Waals surface area contributed by atoms with Crippen molar-refractivity contribution in [2.45, 2.75) is 40.2 Å². The molecule has 0 saturated heterocycles. The molecule has 0 bridgehead atoms. The molecule has 4 rings (SSSR count). The summed E-state index contributed by atoms with van der Waals surface area (Å²) < 4.78 is 11.1. The Hall–Kier alpha value is -2.99. The standard InChI is InChI=1S/C24H25NO5/c1-13-6-5-7-17-16(13)8-9-18-21(17)23(28)22(27)20-14(2)19(30-24(18)20)12-25(4)10-11-29-15(3)26/h7-9H,5-6,10-12H2,1-4H3. The summed E-state index contributed by atoms with van der Waals surface area (Å²) in [6, 6.07) is 3.92. The van der Waals surface area contributed by atoms with Crippen molar-refractivity contribution in [3.05, 3.63) is 45.0 Å². The van der Waals surface area contributed by atoms with E-state index in [1.807, 2.05) is 31.0 Å². The van der Waals surface area contributed by atoms with E-state index in [9.17, 15) is 14.4 Å². The Morgan fingerprint density at radius 2 is 1.90 bits per heavy atom. The Bertz CT molecular complexity index is 1200. The molecule has 0 radical (unpaired) electrons. The number of nitrogens with zero attached hydrogens (tertiary/aromatic N) is 1. The van der Waals surface area contributed by atoms with Gasteiger partial charge in [-0.15, -0.1) is 0 Å². The van der Waals surface area contributed by atoms with Crippen LogP contribution in [0.1, 0.15) is 58.7 Å². The Kier molecular flexibility index (Phi) is 5.20. The number of furan rings is 1. The Balaban J connectivity index is 1.76. The number of hydrogen-bond acceptors (Lipinski definition) is 6. The molecule has 2 aliphatic rings. The highest BCUT2D eigenvalue weighted by molar-refractivity contribution is 6.53. The number of benzene rings is 1. The van der Waals surface area contributed by atoms with Gasteiger partial charge < -0.3 is 9.15 Å². The number of ketones is 2. The van der Waals surface area contributed by atoms with Gasteiger partial charge in [0.1, 0.15) is 18.1 Å². The minimum Gasteiger partial charge on any atom is -0.465 e. The monoisotopic (exact) mass is 407 g/mol. The Morgan fingerprint density at radius 3 is 2.63 bits per heavy atom. The smallest absolute Gasteiger partial charge is 0.302 e. The molecular weight excluding hydrogens is 382 g/mol. The molecule has 0 amide bonds. The van der Waals surface area contributed by atoms with Crippen molar-refractivity contribution in [3.8, 4) is 11.3 Å². The second-order valence-electron chi connectivity index (χ2n) is 8.06. The van der Waals surface area contributed by atoms with Crippen molar-refractivity contribution >= 4 is 29.2 Å². The predicted octanol–water partition coefficient (Wildman–Crippen LogP) is 2.37. The topological polar surface area (TPSA) is 76.8 Å². The van der Waals surface area contributed by atoms with Gasteiger partial charge >= 0.3 is 5.97 Å². The Labute approximate surface area is 174 Å². The van der Waals surface area contributed by atoms with Gasteiger partial charge in [0.05, 0.1) is 12.1 Å². The molecule has 6 heteroatoms. The molecule has 156 valence electrons. The number of hydrogen-bond donors (Lipinski definition) is 0. The van der Waals surface area contributed by atoms with Crippen molar-refractivity contribution in [1.82, 2.24) is 4.90 Å². The summed E-state index contributed by atoms with van der Waals surface area (Å²) in [4.78, 5) is 39.0.